The van der Waals surface area contributed by atoms with Crippen molar-refractivity contribution >= 4 is 5.91 Å². The monoisotopic (exact) mass is 316 g/mol. The van der Waals surface area contributed by atoms with Gasteiger partial charge in [0.15, 0.2) is 5.69 Å². The molecule has 1 saturated heterocycles. The number of hydrogen-bond acceptors (Lipinski definition) is 5. The molecule has 1 aromatic heterocycles. The van der Waals surface area contributed by atoms with E-state index in [9.17, 15) is 9.90 Å². The summed E-state index contributed by atoms with van der Waals surface area (Å²) in [5.74, 6) is 0.515. The molecule has 0 spiro atoms. The molecule has 2 unspecified atom stereocenters. The van der Waals surface area contributed by atoms with Gasteiger partial charge in [-0.05, 0) is 37.5 Å². The van der Waals surface area contributed by atoms with Crippen LogP contribution in [0.25, 0.3) is 0 Å². The lowest BCUT2D eigenvalue weighted by Crippen LogP contribution is -2.48. The number of ether oxygens (including phenoxy) is 1. The molecule has 23 heavy (non-hydrogen) atoms. The van der Waals surface area contributed by atoms with Gasteiger partial charge in [-0.15, -0.1) is 0 Å². The number of hydrogen-bond donors (Lipinski definition) is 1. The molecule has 1 fully saturated rings. The van der Waals surface area contributed by atoms with Crippen LogP contribution in [0.15, 0.2) is 41.1 Å². The third kappa shape index (κ3) is 2.82. The number of carbonyl (C=O) groups is 1. The van der Waals surface area contributed by atoms with Gasteiger partial charge in [0, 0.05) is 12.6 Å². The van der Waals surface area contributed by atoms with Gasteiger partial charge in [0.05, 0.1) is 13.2 Å². The van der Waals surface area contributed by atoms with E-state index in [4.69, 9.17) is 9.26 Å². The first-order chi connectivity index (χ1) is 11.0. The van der Waals surface area contributed by atoms with Gasteiger partial charge in [-0.1, -0.05) is 17.3 Å². The van der Waals surface area contributed by atoms with E-state index in [0.29, 0.717) is 6.54 Å². The van der Waals surface area contributed by atoms with Crippen LogP contribution >= 0.6 is 0 Å². The second-order valence-electron chi connectivity index (χ2n) is 5.92. The fraction of sp³-hybridized carbons (Fsp3) is 0.412. The van der Waals surface area contributed by atoms with E-state index in [0.717, 1.165) is 24.2 Å². The first-order valence-electron chi connectivity index (χ1n) is 7.62. The smallest absolute Gasteiger partial charge is 0.276 e. The average Bonchev–Trinajstić information content (AvgIpc) is 3.25. The third-order valence-electron chi connectivity index (χ3n) is 4.49. The predicted octanol–water partition coefficient (Wildman–Crippen LogP) is 2.20. The van der Waals surface area contributed by atoms with E-state index in [-0.39, 0.29) is 17.6 Å². The van der Waals surface area contributed by atoms with E-state index >= 15 is 0 Å². The van der Waals surface area contributed by atoms with Crippen molar-refractivity contribution in [3.05, 3.63) is 47.9 Å². The molecule has 2 atom stereocenters. The Kier molecular flexibility index (Phi) is 4.09. The molecule has 1 N–H and O–H groups in total. The Morgan fingerprint density at radius 1 is 1.39 bits per heavy atom. The lowest BCUT2D eigenvalue weighted by molar-refractivity contribution is -0.0180. The molecule has 6 heteroatoms. The van der Waals surface area contributed by atoms with Gasteiger partial charge in [0.1, 0.15) is 17.6 Å². The first-order valence-corrected chi connectivity index (χ1v) is 7.62. The second kappa shape index (κ2) is 6.04. The minimum Gasteiger partial charge on any atom is -0.497 e. The van der Waals surface area contributed by atoms with E-state index in [1.54, 1.807) is 25.0 Å². The van der Waals surface area contributed by atoms with Crippen LogP contribution in [0.5, 0.6) is 5.75 Å². The van der Waals surface area contributed by atoms with Gasteiger partial charge in [0.25, 0.3) is 5.91 Å². The summed E-state index contributed by atoms with van der Waals surface area (Å²) in [6.07, 6.45) is 2.96. The van der Waals surface area contributed by atoms with Crippen molar-refractivity contribution in [2.24, 2.45) is 0 Å². The summed E-state index contributed by atoms with van der Waals surface area (Å²) in [7, 11) is 1.60. The molecule has 1 aliphatic heterocycles. The minimum atomic E-state index is -1.15. The van der Waals surface area contributed by atoms with Crippen LogP contribution in [0, 0.1) is 0 Å². The van der Waals surface area contributed by atoms with Crippen LogP contribution in [-0.4, -0.2) is 40.8 Å². The lowest BCUT2D eigenvalue weighted by Gasteiger charge is -2.36. The fourth-order valence-electron chi connectivity index (χ4n) is 3.19. The largest absolute Gasteiger partial charge is 0.497 e. The predicted molar refractivity (Wildman–Crippen MR) is 83.1 cm³/mol. The fourth-order valence-corrected chi connectivity index (χ4v) is 3.19. The van der Waals surface area contributed by atoms with Gasteiger partial charge in [0.2, 0.25) is 0 Å². The van der Waals surface area contributed by atoms with Crippen LogP contribution in [0.1, 0.15) is 35.8 Å². The number of aromatic nitrogens is 1. The van der Waals surface area contributed by atoms with Crippen molar-refractivity contribution in [1.82, 2.24) is 10.1 Å². The summed E-state index contributed by atoms with van der Waals surface area (Å²) in [5.41, 5.74) is -0.132. The molecule has 2 heterocycles. The third-order valence-corrected chi connectivity index (χ3v) is 4.49. The molecule has 0 saturated carbocycles. The summed E-state index contributed by atoms with van der Waals surface area (Å²) < 4.78 is 9.90. The van der Waals surface area contributed by atoms with Gasteiger partial charge >= 0.3 is 0 Å². The standard InChI is InChI=1S/C17H20N2O4/c1-17(21,12-5-7-13(22-2)8-6-12)15-4-3-10-19(15)16(20)14-9-11-23-18-14/h5-9,11,15,21H,3-4,10H2,1-2H3. The highest BCUT2D eigenvalue weighted by molar-refractivity contribution is 5.92. The zero-order valence-electron chi connectivity index (χ0n) is 13.2. The quantitative estimate of drug-likeness (QED) is 0.936. The summed E-state index contributed by atoms with van der Waals surface area (Å²) in [6.45, 7) is 2.34. The number of rotatable bonds is 4. The molecule has 1 amide bonds. The van der Waals surface area contributed by atoms with E-state index in [1.807, 2.05) is 24.3 Å². The number of likely N-dealkylation sites (tertiary alicyclic amines) is 1. The Labute approximate surface area is 134 Å². The van der Waals surface area contributed by atoms with Gasteiger partial charge in [-0.2, -0.15) is 0 Å². The number of amides is 1. The Morgan fingerprint density at radius 2 is 2.13 bits per heavy atom. The lowest BCUT2D eigenvalue weighted by atomic mass is 9.86. The molecule has 0 aliphatic carbocycles. The van der Waals surface area contributed by atoms with Crippen molar-refractivity contribution < 1.29 is 19.2 Å². The molecule has 1 aliphatic rings. The van der Waals surface area contributed by atoms with Crippen molar-refractivity contribution in [3.8, 4) is 5.75 Å². The normalized spacial score (nSPS) is 20.3. The van der Waals surface area contributed by atoms with Crippen LogP contribution in [0.4, 0.5) is 0 Å². The maximum absolute atomic E-state index is 12.6. The molecule has 0 bridgehead atoms. The molecule has 3 rings (SSSR count). The highest BCUT2D eigenvalue weighted by Gasteiger charge is 2.43. The number of nitrogens with zero attached hydrogens (tertiary/aromatic N) is 2. The maximum atomic E-state index is 12.6. The van der Waals surface area contributed by atoms with Crippen molar-refractivity contribution in [3.63, 3.8) is 0 Å². The molecule has 6 nitrogen and oxygen atoms in total. The SMILES string of the molecule is COc1ccc(C(C)(O)C2CCCN2C(=O)c2ccon2)cc1. The van der Waals surface area contributed by atoms with E-state index < -0.39 is 5.60 Å². The maximum Gasteiger partial charge on any atom is 0.276 e. The Bertz CT molecular complexity index is 664. The Morgan fingerprint density at radius 3 is 2.74 bits per heavy atom. The van der Waals surface area contributed by atoms with E-state index in [2.05, 4.69) is 5.16 Å². The van der Waals surface area contributed by atoms with E-state index in [1.165, 1.54) is 6.26 Å². The average molecular weight is 316 g/mol. The van der Waals surface area contributed by atoms with Crippen LogP contribution in [0.2, 0.25) is 0 Å². The van der Waals surface area contributed by atoms with Crippen molar-refractivity contribution in [1.29, 1.82) is 0 Å². The van der Waals surface area contributed by atoms with Gasteiger partial charge in [-0.3, -0.25) is 4.79 Å². The minimum absolute atomic E-state index is 0.213. The summed E-state index contributed by atoms with van der Waals surface area (Å²) in [5, 5.41) is 14.8. The van der Waals surface area contributed by atoms with Gasteiger partial charge in [-0.25, -0.2) is 0 Å². The Hall–Kier alpha value is -2.34. The number of benzene rings is 1. The van der Waals surface area contributed by atoms with Crippen molar-refractivity contribution in [2.45, 2.75) is 31.4 Å². The zero-order chi connectivity index (χ0) is 16.4. The van der Waals surface area contributed by atoms with Crippen LogP contribution in [-0.2, 0) is 5.60 Å². The number of aliphatic hydroxyl groups is 1. The molecule has 2 aromatic rings. The Balaban J connectivity index is 1.86. The van der Waals surface area contributed by atoms with Gasteiger partial charge < -0.3 is 19.3 Å². The van der Waals surface area contributed by atoms with Crippen LogP contribution < -0.4 is 4.74 Å². The van der Waals surface area contributed by atoms with Crippen molar-refractivity contribution in [2.75, 3.05) is 13.7 Å². The zero-order valence-corrected chi connectivity index (χ0v) is 13.2. The summed E-state index contributed by atoms with van der Waals surface area (Å²) >= 11 is 0. The number of methoxy groups -OCH3 is 1. The highest BCUT2D eigenvalue weighted by atomic mass is 16.5. The first kappa shape index (κ1) is 15.6. The molecule has 1 aromatic carbocycles. The van der Waals surface area contributed by atoms with Crippen LogP contribution in [0.3, 0.4) is 0 Å². The molecular weight excluding hydrogens is 296 g/mol. The number of carbonyl (C=O) groups excluding carboxylic acids is 1. The summed E-state index contributed by atoms with van der Waals surface area (Å²) in [4.78, 5) is 14.3. The topological polar surface area (TPSA) is 75.8 Å². The second-order valence-corrected chi connectivity index (χ2v) is 5.92. The molecule has 0 radical (unpaired) electrons. The molecule has 122 valence electrons. The molecular formula is C17H20N2O4. The summed E-state index contributed by atoms with van der Waals surface area (Å²) in [6, 6.07) is 8.51. The highest BCUT2D eigenvalue weighted by Crippen LogP contribution is 2.35.